The number of carbonyl (C=O) groups is 1. The van der Waals surface area contributed by atoms with Gasteiger partial charge in [-0.25, -0.2) is 0 Å². The molecule has 0 atom stereocenters. The molecule has 4 aromatic rings. The third-order valence-electron chi connectivity index (χ3n) is 4.58. The number of anilines is 1. The van der Waals surface area contributed by atoms with Crippen LogP contribution in [0.4, 0.5) is 5.69 Å². The summed E-state index contributed by atoms with van der Waals surface area (Å²) in [6.07, 6.45) is 1.65. The first-order valence-electron chi connectivity index (χ1n) is 9.81. The summed E-state index contributed by atoms with van der Waals surface area (Å²) in [5.74, 6) is 1.08. The van der Waals surface area contributed by atoms with E-state index in [9.17, 15) is 4.79 Å². The maximum Gasteiger partial charge on any atom is 0.234 e. The Hall–Kier alpha value is -3.38. The van der Waals surface area contributed by atoms with E-state index in [1.54, 1.807) is 0 Å². The van der Waals surface area contributed by atoms with E-state index in [-0.39, 0.29) is 11.7 Å². The van der Waals surface area contributed by atoms with Crippen LogP contribution in [0.15, 0.2) is 96.2 Å². The van der Waals surface area contributed by atoms with Crippen LogP contribution in [0.1, 0.15) is 11.4 Å². The largest absolute Gasteiger partial charge is 0.325 e. The van der Waals surface area contributed by atoms with Gasteiger partial charge in [-0.15, -0.1) is 10.2 Å². The first-order chi connectivity index (χ1) is 14.8. The summed E-state index contributed by atoms with van der Waals surface area (Å²) >= 11 is 1.39. The van der Waals surface area contributed by atoms with Gasteiger partial charge in [0.2, 0.25) is 5.91 Å². The van der Waals surface area contributed by atoms with Crippen molar-refractivity contribution in [1.29, 1.82) is 0 Å². The molecule has 0 saturated heterocycles. The van der Waals surface area contributed by atoms with E-state index in [0.29, 0.717) is 5.16 Å². The van der Waals surface area contributed by atoms with Crippen LogP contribution in [0.3, 0.4) is 0 Å². The summed E-state index contributed by atoms with van der Waals surface area (Å²) in [5, 5.41) is 12.4. The highest BCUT2D eigenvalue weighted by Crippen LogP contribution is 2.23. The summed E-state index contributed by atoms with van der Waals surface area (Å²) in [6, 6.07) is 29.8. The van der Waals surface area contributed by atoms with E-state index in [2.05, 4.69) is 27.6 Å². The Morgan fingerprint density at radius 3 is 2.13 bits per heavy atom. The zero-order valence-corrected chi connectivity index (χ0v) is 17.3. The third kappa shape index (κ3) is 5.15. The highest BCUT2D eigenvalue weighted by Gasteiger charge is 2.16. The Labute approximate surface area is 180 Å². The first-order valence-corrected chi connectivity index (χ1v) is 10.8. The molecule has 1 aromatic heterocycles. The van der Waals surface area contributed by atoms with Gasteiger partial charge in [0, 0.05) is 17.8 Å². The lowest BCUT2D eigenvalue weighted by Gasteiger charge is -2.10. The fourth-order valence-electron chi connectivity index (χ4n) is 3.14. The number of hydrogen-bond donors (Lipinski definition) is 1. The second kappa shape index (κ2) is 9.89. The normalized spacial score (nSPS) is 10.7. The van der Waals surface area contributed by atoms with Crippen LogP contribution in [0, 0.1) is 0 Å². The molecule has 0 spiro atoms. The van der Waals surface area contributed by atoms with Crippen molar-refractivity contribution in [1.82, 2.24) is 14.8 Å². The molecule has 1 heterocycles. The predicted molar refractivity (Wildman–Crippen MR) is 121 cm³/mol. The molecule has 0 saturated carbocycles. The second-order valence-corrected chi connectivity index (χ2v) is 7.70. The molecule has 0 radical (unpaired) electrons. The van der Waals surface area contributed by atoms with Crippen LogP contribution in [-0.2, 0) is 17.6 Å². The molecule has 6 heteroatoms. The van der Waals surface area contributed by atoms with Crippen LogP contribution in [-0.4, -0.2) is 26.4 Å². The SMILES string of the molecule is O=C(CSc1nnc(CCc2ccccc2)n1-c1ccccc1)Nc1ccccc1. The molecule has 1 amide bonds. The smallest absolute Gasteiger partial charge is 0.234 e. The van der Waals surface area contributed by atoms with E-state index in [1.165, 1.54) is 17.3 Å². The predicted octanol–water partition coefficient (Wildman–Crippen LogP) is 4.78. The topological polar surface area (TPSA) is 59.8 Å². The van der Waals surface area contributed by atoms with Crippen molar-refractivity contribution in [3.05, 3.63) is 102 Å². The Morgan fingerprint density at radius 1 is 0.800 bits per heavy atom. The molecule has 0 fully saturated rings. The molecule has 4 rings (SSSR count). The molecule has 150 valence electrons. The van der Waals surface area contributed by atoms with Crippen molar-refractivity contribution in [3.8, 4) is 5.69 Å². The maximum absolute atomic E-state index is 12.4. The monoisotopic (exact) mass is 414 g/mol. The Bertz CT molecular complexity index is 1080. The van der Waals surface area contributed by atoms with Crippen LogP contribution < -0.4 is 5.32 Å². The summed E-state index contributed by atoms with van der Waals surface area (Å²) in [6.45, 7) is 0. The molecular formula is C24H22N4OS. The number of thioether (sulfide) groups is 1. The van der Waals surface area contributed by atoms with E-state index < -0.39 is 0 Å². The van der Waals surface area contributed by atoms with Crippen molar-refractivity contribution in [3.63, 3.8) is 0 Å². The molecule has 5 nitrogen and oxygen atoms in total. The summed E-state index contributed by atoms with van der Waals surface area (Å²) in [5.41, 5.74) is 3.05. The van der Waals surface area contributed by atoms with Crippen molar-refractivity contribution < 1.29 is 4.79 Å². The molecule has 0 aliphatic carbocycles. The number of aryl methyl sites for hydroxylation is 2. The van der Waals surface area contributed by atoms with Gasteiger partial charge < -0.3 is 5.32 Å². The van der Waals surface area contributed by atoms with Crippen molar-refractivity contribution in [2.45, 2.75) is 18.0 Å². The van der Waals surface area contributed by atoms with Crippen LogP contribution >= 0.6 is 11.8 Å². The van der Waals surface area contributed by atoms with Crippen LogP contribution in [0.2, 0.25) is 0 Å². The highest BCUT2D eigenvalue weighted by atomic mass is 32.2. The molecule has 0 aliphatic rings. The summed E-state index contributed by atoms with van der Waals surface area (Å²) < 4.78 is 2.05. The molecule has 30 heavy (non-hydrogen) atoms. The number of hydrogen-bond acceptors (Lipinski definition) is 4. The highest BCUT2D eigenvalue weighted by molar-refractivity contribution is 7.99. The van der Waals surface area contributed by atoms with Crippen molar-refractivity contribution in [2.75, 3.05) is 11.1 Å². The van der Waals surface area contributed by atoms with Crippen molar-refractivity contribution >= 4 is 23.4 Å². The zero-order chi connectivity index (χ0) is 20.6. The fourth-order valence-corrected chi connectivity index (χ4v) is 3.91. The van der Waals surface area contributed by atoms with Crippen LogP contribution in [0.25, 0.3) is 5.69 Å². The lowest BCUT2D eigenvalue weighted by Crippen LogP contribution is -2.14. The maximum atomic E-state index is 12.4. The number of carbonyl (C=O) groups excluding carboxylic acids is 1. The number of nitrogens with one attached hydrogen (secondary N) is 1. The van der Waals surface area contributed by atoms with E-state index in [4.69, 9.17) is 0 Å². The number of rotatable bonds is 8. The number of aromatic nitrogens is 3. The zero-order valence-electron chi connectivity index (χ0n) is 16.4. The van der Waals surface area contributed by atoms with Gasteiger partial charge in [0.1, 0.15) is 5.82 Å². The average molecular weight is 415 g/mol. The molecule has 0 bridgehead atoms. The van der Waals surface area contributed by atoms with Crippen LogP contribution in [0.5, 0.6) is 0 Å². The molecule has 0 aliphatic heterocycles. The Kier molecular flexibility index (Phi) is 6.57. The van der Waals surface area contributed by atoms with Gasteiger partial charge in [-0.05, 0) is 36.2 Å². The van der Waals surface area contributed by atoms with E-state index in [0.717, 1.165) is 30.0 Å². The van der Waals surface area contributed by atoms with Gasteiger partial charge in [0.05, 0.1) is 5.75 Å². The van der Waals surface area contributed by atoms with Gasteiger partial charge in [-0.2, -0.15) is 0 Å². The number of amides is 1. The number of para-hydroxylation sites is 2. The summed E-state index contributed by atoms with van der Waals surface area (Å²) in [7, 11) is 0. The number of nitrogens with zero attached hydrogens (tertiary/aromatic N) is 3. The quantitative estimate of drug-likeness (QED) is 0.422. The van der Waals surface area contributed by atoms with Gasteiger partial charge in [0.15, 0.2) is 5.16 Å². The first kappa shape index (κ1) is 19.9. The average Bonchev–Trinajstić information content (AvgIpc) is 3.21. The number of benzene rings is 3. The lowest BCUT2D eigenvalue weighted by molar-refractivity contribution is -0.113. The standard InChI is InChI=1S/C24H22N4OS/c29-23(25-20-12-6-2-7-13-20)18-30-24-27-26-22(17-16-19-10-4-1-5-11-19)28(24)21-14-8-3-9-15-21/h1-15H,16-18H2,(H,25,29). The fraction of sp³-hybridized carbons (Fsp3) is 0.125. The second-order valence-electron chi connectivity index (χ2n) is 6.76. The lowest BCUT2D eigenvalue weighted by atomic mass is 10.1. The van der Waals surface area contributed by atoms with Gasteiger partial charge in [-0.1, -0.05) is 78.5 Å². The summed E-state index contributed by atoms with van der Waals surface area (Å²) in [4.78, 5) is 12.4. The minimum atomic E-state index is -0.0698. The molecule has 3 aromatic carbocycles. The Morgan fingerprint density at radius 2 is 1.43 bits per heavy atom. The Balaban J connectivity index is 1.49. The third-order valence-corrected chi connectivity index (χ3v) is 5.51. The van der Waals surface area contributed by atoms with Crippen molar-refractivity contribution in [2.24, 2.45) is 0 Å². The van der Waals surface area contributed by atoms with E-state index in [1.807, 2.05) is 83.4 Å². The van der Waals surface area contributed by atoms with E-state index >= 15 is 0 Å². The van der Waals surface area contributed by atoms with Gasteiger partial charge in [0.25, 0.3) is 0 Å². The molecule has 1 N–H and O–H groups in total. The molecule has 0 unspecified atom stereocenters. The molecular weight excluding hydrogens is 392 g/mol. The van der Waals surface area contributed by atoms with Gasteiger partial charge >= 0.3 is 0 Å². The minimum Gasteiger partial charge on any atom is -0.325 e. The minimum absolute atomic E-state index is 0.0698. The van der Waals surface area contributed by atoms with Gasteiger partial charge in [-0.3, -0.25) is 9.36 Å².